The van der Waals surface area contributed by atoms with Gasteiger partial charge in [0.2, 0.25) is 5.91 Å². The number of carbonyl (C=O) groups excluding carboxylic acids is 1. The van der Waals surface area contributed by atoms with Crippen LogP contribution in [0.5, 0.6) is 0 Å². The van der Waals surface area contributed by atoms with Gasteiger partial charge in [0.1, 0.15) is 11.3 Å². The Hall–Kier alpha value is -1.14. The largest absolute Gasteiger partial charge is 0.354 e. The first-order chi connectivity index (χ1) is 9.06. The number of nitrogens with zero attached hydrogens (tertiary/aromatic N) is 3. The predicted molar refractivity (Wildman–Crippen MR) is 76.2 cm³/mol. The molecule has 0 radical (unpaired) electrons. The van der Waals surface area contributed by atoms with E-state index in [-0.39, 0.29) is 17.3 Å². The van der Waals surface area contributed by atoms with Crippen LogP contribution in [0.2, 0.25) is 0 Å². The minimum absolute atomic E-state index is 0.0300. The number of hydrogen-bond acceptors (Lipinski definition) is 3. The average molecular weight is 344 g/mol. The van der Waals surface area contributed by atoms with E-state index in [0.29, 0.717) is 13.0 Å². The minimum atomic E-state index is -0.233. The molecule has 0 saturated carbocycles. The summed E-state index contributed by atoms with van der Waals surface area (Å²) in [6.07, 6.45) is 2.17. The van der Waals surface area contributed by atoms with Crippen molar-refractivity contribution in [1.82, 2.24) is 19.9 Å². The molecule has 0 bridgehead atoms. The van der Waals surface area contributed by atoms with Crippen LogP contribution in [0.1, 0.15) is 30.6 Å². The lowest BCUT2D eigenvalue weighted by molar-refractivity contribution is -0.119. The highest BCUT2D eigenvalue weighted by atomic mass is 79.9. The number of alkyl halides is 1. The molecule has 1 N–H and O–H groups in total. The Labute approximate surface area is 123 Å². The Balaban J connectivity index is 2.19. The van der Waals surface area contributed by atoms with Crippen molar-refractivity contribution >= 4 is 44.6 Å². The molecule has 3 heterocycles. The molecule has 1 saturated heterocycles. The number of rotatable bonds is 2. The van der Waals surface area contributed by atoms with Crippen molar-refractivity contribution in [2.75, 3.05) is 6.54 Å². The van der Waals surface area contributed by atoms with Crippen LogP contribution in [0, 0.1) is 0 Å². The normalized spacial score (nSPS) is 20.8. The fraction of sp³-hybridized carbons (Fsp3) is 0.417. The molecule has 2 aromatic rings. The summed E-state index contributed by atoms with van der Waals surface area (Å²) < 4.78 is 2.86. The summed E-state index contributed by atoms with van der Waals surface area (Å²) in [4.78, 5) is 20.4. The lowest BCUT2D eigenvalue weighted by Crippen LogP contribution is -2.17. The minimum Gasteiger partial charge on any atom is -0.354 e. The number of imidazole rings is 1. The number of amides is 1. The zero-order valence-electron chi connectivity index (χ0n) is 10.2. The Morgan fingerprint density at radius 2 is 2.42 bits per heavy atom. The summed E-state index contributed by atoms with van der Waals surface area (Å²) in [6, 6.07) is 1.94. The first-order valence-electron chi connectivity index (χ1n) is 6.00. The van der Waals surface area contributed by atoms with Crippen LogP contribution in [0.25, 0.3) is 11.2 Å². The van der Waals surface area contributed by atoms with Crippen molar-refractivity contribution in [3.63, 3.8) is 0 Å². The van der Waals surface area contributed by atoms with Gasteiger partial charge in [-0.15, -0.1) is 11.6 Å². The Morgan fingerprint density at radius 3 is 3.05 bits per heavy atom. The maximum absolute atomic E-state index is 11.4. The molecule has 3 rings (SSSR count). The highest BCUT2D eigenvalue weighted by Gasteiger charge is 2.28. The molecule has 0 aliphatic carbocycles. The number of nitrogens with one attached hydrogen (secondary N) is 1. The van der Waals surface area contributed by atoms with E-state index >= 15 is 0 Å². The van der Waals surface area contributed by atoms with Crippen LogP contribution in [0.3, 0.4) is 0 Å². The smallest absolute Gasteiger partial charge is 0.222 e. The molecule has 1 aliphatic rings. The van der Waals surface area contributed by atoms with E-state index in [1.165, 1.54) is 0 Å². The van der Waals surface area contributed by atoms with Gasteiger partial charge < -0.3 is 9.88 Å². The number of aromatic nitrogens is 3. The van der Waals surface area contributed by atoms with Crippen molar-refractivity contribution in [2.45, 2.75) is 24.8 Å². The van der Waals surface area contributed by atoms with Crippen LogP contribution in [-0.2, 0) is 4.79 Å². The number of hydrogen-bond donors (Lipinski definition) is 1. The lowest BCUT2D eigenvalue weighted by atomic mass is 10.2. The van der Waals surface area contributed by atoms with Gasteiger partial charge in [-0.25, -0.2) is 9.97 Å². The van der Waals surface area contributed by atoms with Crippen molar-refractivity contribution < 1.29 is 4.79 Å². The van der Waals surface area contributed by atoms with Gasteiger partial charge in [0.15, 0.2) is 5.65 Å². The molecule has 1 aliphatic heterocycles. The topological polar surface area (TPSA) is 59.8 Å². The first kappa shape index (κ1) is 12.9. The SMILES string of the molecule is CC(Cl)c1nc2cc(Br)cnc2n1C1CNC(=O)C1. The maximum Gasteiger partial charge on any atom is 0.222 e. The fourth-order valence-corrected chi connectivity index (χ4v) is 2.86. The number of carbonyl (C=O) groups is 1. The second-order valence-corrected chi connectivity index (χ2v) is 6.18. The Morgan fingerprint density at radius 1 is 1.63 bits per heavy atom. The molecule has 7 heteroatoms. The van der Waals surface area contributed by atoms with E-state index in [9.17, 15) is 4.79 Å². The maximum atomic E-state index is 11.4. The van der Waals surface area contributed by atoms with E-state index in [2.05, 4.69) is 31.2 Å². The third-order valence-corrected chi connectivity index (χ3v) is 3.83. The molecule has 0 spiro atoms. The summed E-state index contributed by atoms with van der Waals surface area (Å²) in [5.74, 6) is 0.806. The van der Waals surface area contributed by atoms with E-state index in [0.717, 1.165) is 21.5 Å². The quantitative estimate of drug-likeness (QED) is 0.853. The second kappa shape index (κ2) is 4.76. The molecule has 100 valence electrons. The first-order valence-corrected chi connectivity index (χ1v) is 7.23. The molecule has 2 aromatic heterocycles. The highest BCUT2D eigenvalue weighted by Crippen LogP contribution is 2.30. The number of fused-ring (bicyclic) bond motifs is 1. The van der Waals surface area contributed by atoms with Gasteiger partial charge in [-0.3, -0.25) is 4.79 Å². The Kier molecular flexibility index (Phi) is 3.22. The van der Waals surface area contributed by atoms with Crippen LogP contribution in [0.15, 0.2) is 16.7 Å². The molecule has 2 unspecified atom stereocenters. The third kappa shape index (κ3) is 2.23. The highest BCUT2D eigenvalue weighted by molar-refractivity contribution is 9.10. The zero-order valence-corrected chi connectivity index (χ0v) is 12.6. The van der Waals surface area contributed by atoms with Crippen LogP contribution in [-0.4, -0.2) is 27.0 Å². The third-order valence-electron chi connectivity index (χ3n) is 3.20. The van der Waals surface area contributed by atoms with Crippen LogP contribution < -0.4 is 5.32 Å². The van der Waals surface area contributed by atoms with Gasteiger partial charge in [-0.05, 0) is 28.9 Å². The molecule has 19 heavy (non-hydrogen) atoms. The van der Waals surface area contributed by atoms with E-state index in [1.54, 1.807) is 6.20 Å². The van der Waals surface area contributed by atoms with Gasteiger partial charge in [-0.2, -0.15) is 0 Å². The lowest BCUT2D eigenvalue weighted by Gasteiger charge is -2.15. The zero-order chi connectivity index (χ0) is 13.6. The summed E-state index contributed by atoms with van der Waals surface area (Å²) in [6.45, 7) is 2.47. The predicted octanol–water partition coefficient (Wildman–Crippen LogP) is 2.55. The number of pyridine rings is 1. The summed E-state index contributed by atoms with van der Waals surface area (Å²) in [7, 11) is 0. The number of halogens is 2. The van der Waals surface area contributed by atoms with Crippen LogP contribution >= 0.6 is 27.5 Å². The monoisotopic (exact) mass is 342 g/mol. The van der Waals surface area contributed by atoms with Gasteiger partial charge in [0.25, 0.3) is 0 Å². The summed E-state index contributed by atoms with van der Waals surface area (Å²) in [5, 5.41) is 2.60. The van der Waals surface area contributed by atoms with E-state index in [1.807, 2.05) is 17.6 Å². The summed E-state index contributed by atoms with van der Waals surface area (Å²) in [5.41, 5.74) is 1.56. The van der Waals surface area contributed by atoms with E-state index in [4.69, 9.17) is 11.6 Å². The van der Waals surface area contributed by atoms with Gasteiger partial charge in [-0.1, -0.05) is 0 Å². The summed E-state index contributed by atoms with van der Waals surface area (Å²) >= 11 is 9.59. The van der Waals surface area contributed by atoms with Crippen LogP contribution in [0.4, 0.5) is 0 Å². The molecule has 1 fully saturated rings. The molecular weight excluding hydrogens is 332 g/mol. The van der Waals surface area contributed by atoms with E-state index < -0.39 is 0 Å². The van der Waals surface area contributed by atoms with Crippen molar-refractivity contribution in [3.05, 3.63) is 22.6 Å². The molecule has 2 atom stereocenters. The van der Waals surface area contributed by atoms with Gasteiger partial charge in [0.05, 0.1) is 11.4 Å². The standard InChI is InChI=1S/C12H12BrClN4O/c1-6(14)11-17-9-2-7(13)4-16-12(9)18(11)8-3-10(19)15-5-8/h2,4,6,8H,3,5H2,1H3,(H,15,19). The Bertz CT molecular complexity index is 654. The average Bonchev–Trinajstić information content (AvgIpc) is 2.91. The second-order valence-electron chi connectivity index (χ2n) is 4.61. The van der Waals surface area contributed by atoms with Gasteiger partial charge >= 0.3 is 0 Å². The van der Waals surface area contributed by atoms with Crippen molar-refractivity contribution in [2.24, 2.45) is 0 Å². The molecular formula is C12H12BrClN4O. The van der Waals surface area contributed by atoms with Crippen molar-refractivity contribution in [1.29, 1.82) is 0 Å². The molecule has 5 nitrogen and oxygen atoms in total. The van der Waals surface area contributed by atoms with Gasteiger partial charge in [0, 0.05) is 23.6 Å². The fourth-order valence-electron chi connectivity index (χ4n) is 2.39. The molecule has 0 aromatic carbocycles. The molecule has 1 amide bonds. The van der Waals surface area contributed by atoms with Crippen molar-refractivity contribution in [3.8, 4) is 0 Å².